The Morgan fingerprint density at radius 3 is 2.85 bits per heavy atom. The first-order valence-electron chi connectivity index (χ1n) is 9.60. The van der Waals surface area contributed by atoms with Crippen molar-refractivity contribution < 1.29 is 9.53 Å². The summed E-state index contributed by atoms with van der Waals surface area (Å²) in [4.78, 5) is 13.1. The molecular weight excluding hydrogens is 322 g/mol. The van der Waals surface area contributed by atoms with Crippen molar-refractivity contribution in [3.63, 3.8) is 0 Å². The number of rotatable bonds is 2. The van der Waals surface area contributed by atoms with Gasteiger partial charge < -0.3 is 10.1 Å². The van der Waals surface area contributed by atoms with Gasteiger partial charge in [0, 0.05) is 30.3 Å². The van der Waals surface area contributed by atoms with E-state index in [1.165, 1.54) is 22.3 Å². The minimum Gasteiger partial charge on any atom is -0.469 e. The predicted molar refractivity (Wildman–Crippen MR) is 101 cm³/mol. The molecule has 1 aliphatic heterocycles. The summed E-state index contributed by atoms with van der Waals surface area (Å²) in [5.41, 5.74) is 4.84. The third-order valence-corrected chi connectivity index (χ3v) is 7.35. The Labute approximate surface area is 154 Å². The molecule has 2 aromatic carbocycles. The minimum atomic E-state index is -0.453. The Morgan fingerprint density at radius 1 is 1.19 bits per heavy atom. The summed E-state index contributed by atoms with van der Waals surface area (Å²) in [7, 11) is 1.54. The van der Waals surface area contributed by atoms with Crippen LogP contribution in [0.15, 0.2) is 48.5 Å². The van der Waals surface area contributed by atoms with Crippen LogP contribution in [0.2, 0.25) is 0 Å². The van der Waals surface area contributed by atoms with Crippen molar-refractivity contribution in [1.82, 2.24) is 5.32 Å². The van der Waals surface area contributed by atoms with Gasteiger partial charge >= 0.3 is 5.97 Å². The number of hydrogen-bond donors (Lipinski definition) is 1. The molecule has 1 N–H and O–H groups in total. The monoisotopic (exact) mass is 347 g/mol. The molecule has 2 aromatic rings. The van der Waals surface area contributed by atoms with Crippen molar-refractivity contribution in [2.45, 2.75) is 31.1 Å². The molecule has 1 saturated heterocycles. The van der Waals surface area contributed by atoms with Crippen LogP contribution in [-0.4, -0.2) is 26.2 Å². The molecule has 3 heteroatoms. The Kier molecular flexibility index (Phi) is 3.36. The number of methoxy groups -OCH3 is 1. The maximum atomic E-state index is 13.1. The van der Waals surface area contributed by atoms with Gasteiger partial charge in [-0.15, -0.1) is 0 Å². The smallest absolute Gasteiger partial charge is 0.314 e. The number of fused-ring (bicyclic) bond motifs is 1. The lowest BCUT2D eigenvalue weighted by atomic mass is 9.42. The van der Waals surface area contributed by atoms with Gasteiger partial charge in [0.05, 0.1) is 12.5 Å². The molecule has 0 amide bonds. The lowest BCUT2D eigenvalue weighted by Crippen LogP contribution is -2.60. The summed E-state index contributed by atoms with van der Waals surface area (Å²) in [6.45, 7) is 3.74. The molecule has 1 saturated carbocycles. The van der Waals surface area contributed by atoms with Crippen LogP contribution in [0.4, 0.5) is 0 Å². The van der Waals surface area contributed by atoms with Gasteiger partial charge in [0.1, 0.15) is 0 Å². The summed E-state index contributed by atoms with van der Waals surface area (Å²) < 4.78 is 5.39. The average molecular weight is 347 g/mol. The Morgan fingerprint density at radius 2 is 2.04 bits per heavy atom. The first-order valence-corrected chi connectivity index (χ1v) is 9.60. The van der Waals surface area contributed by atoms with E-state index < -0.39 is 5.41 Å². The van der Waals surface area contributed by atoms with E-state index >= 15 is 0 Å². The number of esters is 1. The van der Waals surface area contributed by atoms with Crippen molar-refractivity contribution in [2.75, 3.05) is 20.2 Å². The van der Waals surface area contributed by atoms with Crippen LogP contribution in [0.1, 0.15) is 41.0 Å². The summed E-state index contributed by atoms with van der Waals surface area (Å²) in [5.74, 6) is 0.444. The third kappa shape index (κ3) is 1.75. The molecule has 4 aliphatic rings. The maximum Gasteiger partial charge on any atom is 0.314 e. The van der Waals surface area contributed by atoms with Gasteiger partial charge in [-0.05, 0) is 36.5 Å². The molecule has 3 aliphatic carbocycles. The van der Waals surface area contributed by atoms with Crippen LogP contribution in [0.5, 0.6) is 0 Å². The van der Waals surface area contributed by atoms with Crippen molar-refractivity contribution in [1.29, 1.82) is 0 Å². The van der Waals surface area contributed by atoms with Crippen LogP contribution in [0.3, 0.4) is 0 Å². The number of benzene rings is 2. The average Bonchev–Trinajstić information content (AvgIpc) is 3.15. The summed E-state index contributed by atoms with van der Waals surface area (Å²) in [6, 6.07) is 17.7. The van der Waals surface area contributed by atoms with E-state index in [0.717, 1.165) is 25.9 Å². The van der Waals surface area contributed by atoms with Gasteiger partial charge in [0.15, 0.2) is 0 Å². The second-order valence-corrected chi connectivity index (χ2v) is 8.23. The molecule has 26 heavy (non-hydrogen) atoms. The van der Waals surface area contributed by atoms with Crippen molar-refractivity contribution in [3.8, 4) is 0 Å². The fourth-order valence-electron chi connectivity index (χ4n) is 6.45. The number of aryl methyl sites for hydroxylation is 1. The molecule has 0 radical (unpaired) electrons. The summed E-state index contributed by atoms with van der Waals surface area (Å²) in [5, 5.41) is 3.56. The van der Waals surface area contributed by atoms with Crippen LogP contribution in [0, 0.1) is 18.3 Å². The van der Waals surface area contributed by atoms with Gasteiger partial charge in [0.25, 0.3) is 0 Å². The Bertz CT molecular complexity index is 891. The standard InChI is InChI=1S/C23H25NO2/c1-15-6-5-7-16(12-15)22-11-10-19(17-8-3-4-9-18(17)22)23(21(25)26-2)14-24-13-20(22)23/h3-9,12,19-20,24H,10-11,13-14H2,1-2H3. The largest absolute Gasteiger partial charge is 0.469 e. The zero-order chi connectivity index (χ0) is 17.9. The van der Waals surface area contributed by atoms with Crippen molar-refractivity contribution in [2.24, 2.45) is 11.3 Å². The van der Waals surface area contributed by atoms with Gasteiger partial charge in [-0.1, -0.05) is 54.1 Å². The molecular formula is C23H25NO2. The highest BCUT2D eigenvalue weighted by atomic mass is 16.5. The maximum absolute atomic E-state index is 13.1. The highest BCUT2D eigenvalue weighted by molar-refractivity contribution is 5.82. The molecule has 6 rings (SSSR count). The van der Waals surface area contributed by atoms with E-state index in [9.17, 15) is 4.79 Å². The minimum absolute atomic E-state index is 0.0382. The van der Waals surface area contributed by atoms with E-state index in [1.54, 1.807) is 7.11 Å². The molecule has 0 aromatic heterocycles. The van der Waals surface area contributed by atoms with E-state index in [4.69, 9.17) is 4.74 Å². The van der Waals surface area contributed by atoms with E-state index in [1.807, 2.05) is 0 Å². The van der Waals surface area contributed by atoms with Crippen LogP contribution >= 0.6 is 0 Å². The number of carbonyl (C=O) groups is 1. The summed E-state index contributed by atoms with van der Waals surface area (Å²) >= 11 is 0. The molecule has 1 heterocycles. The quantitative estimate of drug-likeness (QED) is 0.845. The number of carbonyl (C=O) groups excluding carboxylic acids is 1. The van der Waals surface area contributed by atoms with Gasteiger partial charge in [-0.25, -0.2) is 0 Å². The number of ether oxygens (including phenoxy) is 1. The third-order valence-electron chi connectivity index (χ3n) is 7.35. The molecule has 0 spiro atoms. The first kappa shape index (κ1) is 16.1. The summed E-state index contributed by atoms with van der Waals surface area (Å²) in [6.07, 6.45) is 2.14. The lowest BCUT2D eigenvalue weighted by Gasteiger charge is -2.59. The van der Waals surface area contributed by atoms with Gasteiger partial charge in [0.2, 0.25) is 0 Å². The topological polar surface area (TPSA) is 38.3 Å². The van der Waals surface area contributed by atoms with E-state index in [2.05, 4.69) is 60.8 Å². The Hall–Kier alpha value is -2.13. The zero-order valence-corrected chi connectivity index (χ0v) is 15.4. The highest BCUT2D eigenvalue weighted by Crippen LogP contribution is 2.67. The Balaban J connectivity index is 1.84. The fourth-order valence-corrected chi connectivity index (χ4v) is 6.45. The van der Waals surface area contributed by atoms with Crippen LogP contribution in [-0.2, 0) is 14.9 Å². The normalized spacial score (nSPS) is 34.2. The molecule has 134 valence electrons. The first-order chi connectivity index (χ1) is 12.6. The van der Waals surface area contributed by atoms with Crippen molar-refractivity contribution in [3.05, 3.63) is 70.8 Å². The van der Waals surface area contributed by atoms with Gasteiger partial charge in [-0.2, -0.15) is 0 Å². The lowest BCUT2D eigenvalue weighted by molar-refractivity contribution is -0.161. The molecule has 3 nitrogen and oxygen atoms in total. The zero-order valence-electron chi connectivity index (χ0n) is 15.4. The van der Waals surface area contributed by atoms with Gasteiger partial charge in [-0.3, -0.25) is 4.79 Å². The number of nitrogens with one attached hydrogen (secondary N) is 1. The molecule has 4 atom stereocenters. The molecule has 2 bridgehead atoms. The second-order valence-electron chi connectivity index (χ2n) is 8.23. The fraction of sp³-hybridized carbons (Fsp3) is 0.435. The SMILES string of the molecule is COC(=O)C12CNCC1C1(c3cccc(C)c3)CCC2c2ccccc21. The van der Waals surface area contributed by atoms with E-state index in [0.29, 0.717) is 0 Å². The van der Waals surface area contributed by atoms with Crippen LogP contribution < -0.4 is 5.32 Å². The predicted octanol–water partition coefficient (Wildman–Crippen LogP) is 3.55. The highest BCUT2D eigenvalue weighted by Gasteiger charge is 2.69. The molecule has 4 unspecified atom stereocenters. The van der Waals surface area contributed by atoms with E-state index in [-0.39, 0.29) is 23.2 Å². The van der Waals surface area contributed by atoms with Crippen molar-refractivity contribution >= 4 is 5.97 Å². The number of hydrogen-bond acceptors (Lipinski definition) is 3. The second kappa shape index (κ2) is 5.43. The molecule has 2 fully saturated rings. The van der Waals surface area contributed by atoms with Crippen LogP contribution in [0.25, 0.3) is 0 Å².